The fourth-order valence-electron chi connectivity index (χ4n) is 1.31. The Labute approximate surface area is 79.5 Å². The van der Waals surface area contributed by atoms with Crippen LogP contribution in [0.3, 0.4) is 0 Å². The molecule has 1 rings (SSSR count). The summed E-state index contributed by atoms with van der Waals surface area (Å²) >= 11 is 0. The lowest BCUT2D eigenvalue weighted by molar-refractivity contribution is 0.391. The summed E-state index contributed by atoms with van der Waals surface area (Å²) in [4.78, 5) is 0. The van der Waals surface area contributed by atoms with Crippen molar-refractivity contribution >= 4 is 0 Å². The first-order valence-corrected chi connectivity index (χ1v) is 4.23. The van der Waals surface area contributed by atoms with Crippen molar-refractivity contribution in [3.63, 3.8) is 0 Å². The quantitative estimate of drug-likeness (QED) is 0.709. The summed E-state index contributed by atoms with van der Waals surface area (Å²) in [7, 11) is 3.31. The van der Waals surface area contributed by atoms with E-state index in [4.69, 9.17) is 9.47 Å². The molecule has 0 unspecified atom stereocenters. The molecule has 0 heterocycles. The normalized spacial score (nSPS) is 9.85. The van der Waals surface area contributed by atoms with Crippen molar-refractivity contribution in [1.82, 2.24) is 0 Å². The number of hydrogen-bond acceptors (Lipinski definition) is 2. The number of benzene rings is 1. The van der Waals surface area contributed by atoms with Crippen molar-refractivity contribution in [2.24, 2.45) is 0 Å². The van der Waals surface area contributed by atoms with Gasteiger partial charge in [0.2, 0.25) is 0 Å². The highest BCUT2D eigenvalue weighted by molar-refractivity contribution is 5.46. The predicted octanol–water partition coefficient (Wildman–Crippen LogP) is 2.39. The zero-order valence-corrected chi connectivity index (χ0v) is 8.39. The molecule has 0 amide bonds. The van der Waals surface area contributed by atoms with E-state index in [1.54, 1.807) is 14.2 Å². The third-order valence-corrected chi connectivity index (χ3v) is 2.17. The summed E-state index contributed by atoms with van der Waals surface area (Å²) in [5.41, 5.74) is 2.30. The van der Waals surface area contributed by atoms with Crippen LogP contribution in [0.5, 0.6) is 11.5 Å². The van der Waals surface area contributed by atoms with Gasteiger partial charge in [-0.25, -0.2) is 0 Å². The Morgan fingerprint density at radius 1 is 1.23 bits per heavy atom. The maximum Gasteiger partial charge on any atom is 0.125 e. The number of ether oxygens (including phenoxy) is 2. The van der Waals surface area contributed by atoms with Crippen molar-refractivity contribution in [3.8, 4) is 11.5 Å². The van der Waals surface area contributed by atoms with Crippen LogP contribution in [0.25, 0.3) is 0 Å². The second kappa shape index (κ2) is 4.17. The fraction of sp³-hybridized carbons (Fsp3) is 0.364. The van der Waals surface area contributed by atoms with E-state index < -0.39 is 0 Å². The first kappa shape index (κ1) is 9.90. The monoisotopic (exact) mass is 179 g/mol. The average molecular weight is 179 g/mol. The molecule has 0 aliphatic rings. The summed E-state index contributed by atoms with van der Waals surface area (Å²) in [5.74, 6) is 1.68. The van der Waals surface area contributed by atoms with Gasteiger partial charge < -0.3 is 9.47 Å². The lowest BCUT2D eigenvalue weighted by Crippen LogP contribution is -1.95. The molecule has 71 valence electrons. The van der Waals surface area contributed by atoms with Gasteiger partial charge in [-0.05, 0) is 37.5 Å². The van der Waals surface area contributed by atoms with E-state index in [0.29, 0.717) is 0 Å². The molecule has 0 bridgehead atoms. The zero-order valence-electron chi connectivity index (χ0n) is 8.39. The van der Waals surface area contributed by atoms with Crippen LogP contribution in [0.1, 0.15) is 11.1 Å². The standard InChI is InChI=1S/C11H15O2/c1-5-9-6-10(12-3)7-11(13-4)8(9)2/h6-7H,1,5H2,2-4H3. The Balaban J connectivity index is 3.20. The van der Waals surface area contributed by atoms with Crippen LogP contribution in [-0.2, 0) is 6.42 Å². The lowest BCUT2D eigenvalue weighted by atomic mass is 10.1. The summed E-state index contributed by atoms with van der Waals surface area (Å²) in [6.45, 7) is 5.88. The van der Waals surface area contributed by atoms with Gasteiger partial charge in [-0.1, -0.05) is 0 Å². The first-order valence-electron chi connectivity index (χ1n) is 4.23. The minimum absolute atomic E-state index is 0.749. The summed E-state index contributed by atoms with van der Waals surface area (Å²) in [6.07, 6.45) is 0.749. The molecule has 1 aromatic rings. The molecule has 1 radical (unpaired) electrons. The second-order valence-electron chi connectivity index (χ2n) is 2.86. The third kappa shape index (κ3) is 1.94. The first-order chi connectivity index (χ1) is 6.22. The third-order valence-electron chi connectivity index (χ3n) is 2.17. The van der Waals surface area contributed by atoms with Crippen molar-refractivity contribution in [2.45, 2.75) is 13.3 Å². The van der Waals surface area contributed by atoms with Gasteiger partial charge in [0.25, 0.3) is 0 Å². The number of rotatable bonds is 3. The SMILES string of the molecule is [CH2]Cc1cc(OC)cc(OC)c1C. The molecule has 1 aromatic carbocycles. The molecule has 0 aliphatic carbocycles. The molecule has 0 N–H and O–H groups in total. The smallest absolute Gasteiger partial charge is 0.125 e. The molecule has 0 fully saturated rings. The Kier molecular flexibility index (Phi) is 3.18. The second-order valence-corrected chi connectivity index (χ2v) is 2.86. The zero-order chi connectivity index (χ0) is 9.84. The van der Waals surface area contributed by atoms with Crippen LogP contribution >= 0.6 is 0 Å². The maximum atomic E-state index is 5.22. The van der Waals surface area contributed by atoms with Crippen LogP contribution in [0, 0.1) is 13.8 Å². The van der Waals surface area contributed by atoms with Gasteiger partial charge in [0.05, 0.1) is 14.2 Å². The maximum absolute atomic E-state index is 5.22. The van der Waals surface area contributed by atoms with E-state index in [2.05, 4.69) is 6.92 Å². The van der Waals surface area contributed by atoms with Gasteiger partial charge in [0, 0.05) is 6.07 Å². The van der Waals surface area contributed by atoms with E-state index in [-0.39, 0.29) is 0 Å². The Hall–Kier alpha value is -1.18. The van der Waals surface area contributed by atoms with E-state index in [1.165, 1.54) is 0 Å². The lowest BCUT2D eigenvalue weighted by Gasteiger charge is -2.11. The molecule has 13 heavy (non-hydrogen) atoms. The van der Waals surface area contributed by atoms with Crippen LogP contribution < -0.4 is 9.47 Å². The molecule has 0 aromatic heterocycles. The van der Waals surface area contributed by atoms with Gasteiger partial charge in [-0.3, -0.25) is 0 Å². The van der Waals surface area contributed by atoms with Gasteiger partial charge in [0.1, 0.15) is 11.5 Å². The molecule has 0 saturated carbocycles. The minimum atomic E-state index is 0.749. The Bertz CT molecular complexity index is 267. The van der Waals surface area contributed by atoms with Gasteiger partial charge in [-0.2, -0.15) is 0 Å². The average Bonchev–Trinajstić information content (AvgIpc) is 2.18. The fourth-order valence-corrected chi connectivity index (χ4v) is 1.31. The van der Waals surface area contributed by atoms with Gasteiger partial charge >= 0.3 is 0 Å². The molecule has 0 spiro atoms. The highest BCUT2D eigenvalue weighted by Crippen LogP contribution is 2.27. The highest BCUT2D eigenvalue weighted by atomic mass is 16.5. The van der Waals surface area contributed by atoms with Crippen LogP contribution in [0.2, 0.25) is 0 Å². The topological polar surface area (TPSA) is 18.5 Å². The van der Waals surface area contributed by atoms with E-state index in [0.717, 1.165) is 29.0 Å². The molecule has 2 nitrogen and oxygen atoms in total. The van der Waals surface area contributed by atoms with E-state index in [1.807, 2.05) is 19.1 Å². The summed E-state index contributed by atoms with van der Waals surface area (Å²) in [6, 6.07) is 3.87. The molecule has 0 atom stereocenters. The number of hydrogen-bond donors (Lipinski definition) is 0. The molecule has 0 aliphatic heterocycles. The molecule has 2 heteroatoms. The molecule has 0 saturated heterocycles. The van der Waals surface area contributed by atoms with E-state index >= 15 is 0 Å². The summed E-state index contributed by atoms with van der Waals surface area (Å²) in [5, 5.41) is 0. The molecular weight excluding hydrogens is 164 g/mol. The number of methoxy groups -OCH3 is 2. The van der Waals surface area contributed by atoms with Crippen molar-refractivity contribution in [1.29, 1.82) is 0 Å². The Morgan fingerprint density at radius 2 is 1.92 bits per heavy atom. The van der Waals surface area contributed by atoms with Crippen molar-refractivity contribution < 1.29 is 9.47 Å². The van der Waals surface area contributed by atoms with Gasteiger partial charge in [0.15, 0.2) is 0 Å². The summed E-state index contributed by atoms with van der Waals surface area (Å²) < 4.78 is 10.4. The predicted molar refractivity (Wildman–Crippen MR) is 53.3 cm³/mol. The molecular formula is C11H15O2. The minimum Gasteiger partial charge on any atom is -0.497 e. The van der Waals surface area contributed by atoms with Crippen molar-refractivity contribution in [2.75, 3.05) is 14.2 Å². The largest absolute Gasteiger partial charge is 0.497 e. The Morgan fingerprint density at radius 3 is 2.38 bits per heavy atom. The van der Waals surface area contributed by atoms with Crippen LogP contribution in [0.4, 0.5) is 0 Å². The van der Waals surface area contributed by atoms with Crippen LogP contribution in [0.15, 0.2) is 12.1 Å². The van der Waals surface area contributed by atoms with Gasteiger partial charge in [-0.15, -0.1) is 0 Å². The highest BCUT2D eigenvalue weighted by Gasteiger charge is 2.06. The van der Waals surface area contributed by atoms with Crippen molar-refractivity contribution in [3.05, 3.63) is 30.2 Å². The van der Waals surface area contributed by atoms with E-state index in [9.17, 15) is 0 Å². The van der Waals surface area contributed by atoms with Crippen LogP contribution in [-0.4, -0.2) is 14.2 Å².